The number of carbonyl (C=O) groups is 3. The van der Waals surface area contributed by atoms with Crippen molar-refractivity contribution in [3.63, 3.8) is 0 Å². The minimum atomic E-state index is -0.588. The molecule has 1 aromatic rings. The standard InChI is InChI=1S/C17H20N2O5S/c1-10-6-19(7-11(2)24-10)16(21)8-23-17(22)12-3-4-14-13(5-12)18-15(20)9-25-14/h3-5,10-11H,6-9H2,1-2H3,(H,18,20). The zero-order valence-electron chi connectivity index (χ0n) is 14.1. The van der Waals surface area contributed by atoms with Crippen molar-refractivity contribution in [3.05, 3.63) is 23.8 Å². The largest absolute Gasteiger partial charge is 0.452 e. The van der Waals surface area contributed by atoms with Crippen LogP contribution in [0, 0.1) is 0 Å². The van der Waals surface area contributed by atoms with Gasteiger partial charge in [-0.3, -0.25) is 9.59 Å². The fourth-order valence-electron chi connectivity index (χ4n) is 2.89. The molecule has 2 amide bonds. The summed E-state index contributed by atoms with van der Waals surface area (Å²) in [7, 11) is 0. The number of esters is 1. The molecule has 134 valence electrons. The first kappa shape index (κ1) is 17.8. The molecule has 25 heavy (non-hydrogen) atoms. The summed E-state index contributed by atoms with van der Waals surface area (Å²) in [4.78, 5) is 38.4. The van der Waals surface area contributed by atoms with Crippen LogP contribution in [0.5, 0.6) is 0 Å². The molecule has 0 spiro atoms. The Balaban J connectivity index is 1.58. The van der Waals surface area contributed by atoms with Gasteiger partial charge in [-0.2, -0.15) is 0 Å². The Labute approximate surface area is 150 Å². The Morgan fingerprint density at radius 3 is 2.76 bits per heavy atom. The lowest BCUT2D eigenvalue weighted by molar-refractivity contribution is -0.146. The summed E-state index contributed by atoms with van der Waals surface area (Å²) >= 11 is 1.42. The molecule has 2 aliphatic heterocycles. The lowest BCUT2D eigenvalue weighted by Crippen LogP contribution is -2.49. The van der Waals surface area contributed by atoms with E-state index in [-0.39, 0.29) is 30.6 Å². The summed E-state index contributed by atoms with van der Waals surface area (Å²) in [6.07, 6.45) is -0.0738. The van der Waals surface area contributed by atoms with E-state index in [0.29, 0.717) is 30.1 Å². The molecule has 2 atom stereocenters. The second-order valence-corrected chi connectivity index (χ2v) is 7.20. The molecule has 2 aliphatic rings. The summed E-state index contributed by atoms with van der Waals surface area (Å²) in [6, 6.07) is 4.98. The number of carbonyl (C=O) groups excluding carboxylic acids is 3. The van der Waals surface area contributed by atoms with Crippen molar-refractivity contribution in [1.82, 2.24) is 4.90 Å². The molecule has 1 aromatic carbocycles. The van der Waals surface area contributed by atoms with Crippen LogP contribution in [-0.2, 0) is 19.1 Å². The number of morpholine rings is 1. The van der Waals surface area contributed by atoms with Crippen molar-refractivity contribution in [2.75, 3.05) is 30.8 Å². The van der Waals surface area contributed by atoms with Crippen molar-refractivity contribution < 1.29 is 23.9 Å². The Morgan fingerprint density at radius 1 is 1.32 bits per heavy atom. The van der Waals surface area contributed by atoms with Crippen molar-refractivity contribution in [2.45, 2.75) is 31.0 Å². The maximum atomic E-state index is 12.2. The average molecular weight is 364 g/mol. The van der Waals surface area contributed by atoms with Gasteiger partial charge in [-0.15, -0.1) is 11.8 Å². The van der Waals surface area contributed by atoms with Crippen LogP contribution in [0.25, 0.3) is 0 Å². The van der Waals surface area contributed by atoms with Crippen molar-refractivity contribution >= 4 is 35.2 Å². The highest BCUT2D eigenvalue weighted by Crippen LogP contribution is 2.32. The summed E-state index contributed by atoms with van der Waals surface area (Å²) in [5, 5.41) is 2.72. The minimum Gasteiger partial charge on any atom is -0.452 e. The highest BCUT2D eigenvalue weighted by molar-refractivity contribution is 8.00. The van der Waals surface area contributed by atoms with E-state index < -0.39 is 5.97 Å². The topological polar surface area (TPSA) is 84.9 Å². The smallest absolute Gasteiger partial charge is 0.338 e. The Hall–Kier alpha value is -2.06. The summed E-state index contributed by atoms with van der Waals surface area (Å²) in [5.74, 6) is -0.567. The molecule has 1 fully saturated rings. The first-order valence-corrected chi connectivity index (χ1v) is 9.08. The summed E-state index contributed by atoms with van der Waals surface area (Å²) < 4.78 is 10.7. The monoisotopic (exact) mass is 364 g/mol. The second kappa shape index (κ2) is 7.45. The third-order valence-corrected chi connectivity index (χ3v) is 5.02. The molecule has 0 aliphatic carbocycles. The van der Waals surface area contributed by atoms with Gasteiger partial charge in [0, 0.05) is 18.0 Å². The zero-order valence-corrected chi connectivity index (χ0v) is 14.9. The number of nitrogens with zero attached hydrogens (tertiary/aromatic N) is 1. The van der Waals surface area contributed by atoms with Gasteiger partial charge in [0.2, 0.25) is 5.91 Å². The molecule has 1 N–H and O–H groups in total. The quantitative estimate of drug-likeness (QED) is 0.819. The van der Waals surface area contributed by atoms with E-state index >= 15 is 0 Å². The Kier molecular flexibility index (Phi) is 5.29. The number of amides is 2. The number of nitrogens with one attached hydrogen (secondary N) is 1. The van der Waals surface area contributed by atoms with Crippen molar-refractivity contribution in [3.8, 4) is 0 Å². The van der Waals surface area contributed by atoms with E-state index in [4.69, 9.17) is 9.47 Å². The Morgan fingerprint density at radius 2 is 2.04 bits per heavy atom. The fraction of sp³-hybridized carbons (Fsp3) is 0.471. The number of fused-ring (bicyclic) bond motifs is 1. The molecule has 7 nitrogen and oxygen atoms in total. The van der Waals surface area contributed by atoms with Crippen LogP contribution in [-0.4, -0.2) is 60.3 Å². The van der Waals surface area contributed by atoms with E-state index in [0.717, 1.165) is 4.90 Å². The number of benzene rings is 1. The van der Waals surface area contributed by atoms with Gasteiger partial charge in [-0.1, -0.05) is 0 Å². The lowest BCUT2D eigenvalue weighted by atomic mass is 10.2. The summed E-state index contributed by atoms with van der Waals surface area (Å²) in [5.41, 5.74) is 0.899. The Bertz CT molecular complexity index is 698. The van der Waals surface area contributed by atoms with E-state index in [1.54, 1.807) is 23.1 Å². The van der Waals surface area contributed by atoms with Crippen LogP contribution < -0.4 is 5.32 Å². The highest BCUT2D eigenvalue weighted by Gasteiger charge is 2.26. The average Bonchev–Trinajstić information content (AvgIpc) is 2.57. The number of ether oxygens (including phenoxy) is 2. The first-order chi connectivity index (χ1) is 11.9. The normalized spacial score (nSPS) is 22.8. The van der Waals surface area contributed by atoms with E-state index in [2.05, 4.69) is 5.32 Å². The third-order valence-electron chi connectivity index (χ3n) is 3.95. The van der Waals surface area contributed by atoms with Gasteiger partial charge < -0.3 is 19.7 Å². The maximum absolute atomic E-state index is 12.2. The molecule has 3 rings (SSSR count). The van der Waals surface area contributed by atoms with Crippen LogP contribution in [0.4, 0.5) is 5.69 Å². The molecule has 0 radical (unpaired) electrons. The molecule has 8 heteroatoms. The van der Waals surface area contributed by atoms with Gasteiger partial charge in [0.1, 0.15) is 0 Å². The van der Waals surface area contributed by atoms with Gasteiger partial charge >= 0.3 is 5.97 Å². The SMILES string of the molecule is CC1CN(C(=O)COC(=O)c2ccc3c(c2)NC(=O)CS3)CC(C)O1. The number of hydrogen-bond acceptors (Lipinski definition) is 6. The molecule has 0 aromatic heterocycles. The number of anilines is 1. The second-order valence-electron chi connectivity index (χ2n) is 6.18. The van der Waals surface area contributed by atoms with Gasteiger partial charge in [-0.25, -0.2) is 4.79 Å². The van der Waals surface area contributed by atoms with Crippen LogP contribution >= 0.6 is 11.8 Å². The van der Waals surface area contributed by atoms with Crippen LogP contribution in [0.2, 0.25) is 0 Å². The molecular formula is C17H20N2O5S. The van der Waals surface area contributed by atoms with Crippen LogP contribution in [0.15, 0.2) is 23.1 Å². The van der Waals surface area contributed by atoms with Gasteiger partial charge in [0.25, 0.3) is 5.91 Å². The van der Waals surface area contributed by atoms with Crippen LogP contribution in [0.3, 0.4) is 0 Å². The first-order valence-electron chi connectivity index (χ1n) is 8.09. The van der Waals surface area contributed by atoms with Crippen molar-refractivity contribution in [1.29, 1.82) is 0 Å². The molecule has 2 heterocycles. The van der Waals surface area contributed by atoms with Gasteiger partial charge in [0.15, 0.2) is 6.61 Å². The summed E-state index contributed by atoms with van der Waals surface area (Å²) in [6.45, 7) is 4.48. The molecule has 1 saturated heterocycles. The maximum Gasteiger partial charge on any atom is 0.338 e. The fourth-order valence-corrected chi connectivity index (χ4v) is 3.68. The predicted octanol–water partition coefficient (Wildman–Crippen LogP) is 1.52. The lowest BCUT2D eigenvalue weighted by Gasteiger charge is -2.35. The molecule has 0 bridgehead atoms. The number of thioether (sulfide) groups is 1. The molecule has 0 saturated carbocycles. The minimum absolute atomic E-state index is 0.0369. The number of hydrogen-bond donors (Lipinski definition) is 1. The molecule has 2 unspecified atom stereocenters. The van der Waals surface area contributed by atoms with Gasteiger partial charge in [0.05, 0.1) is 29.2 Å². The van der Waals surface area contributed by atoms with Crippen LogP contribution in [0.1, 0.15) is 24.2 Å². The van der Waals surface area contributed by atoms with Gasteiger partial charge in [-0.05, 0) is 32.0 Å². The molecular weight excluding hydrogens is 344 g/mol. The van der Waals surface area contributed by atoms with E-state index in [1.165, 1.54) is 11.8 Å². The highest BCUT2D eigenvalue weighted by atomic mass is 32.2. The predicted molar refractivity (Wildman–Crippen MR) is 92.7 cm³/mol. The van der Waals surface area contributed by atoms with E-state index in [1.807, 2.05) is 13.8 Å². The number of rotatable bonds is 3. The zero-order chi connectivity index (χ0) is 18.0. The third kappa shape index (κ3) is 4.32. The van der Waals surface area contributed by atoms with E-state index in [9.17, 15) is 14.4 Å². The van der Waals surface area contributed by atoms with Crippen molar-refractivity contribution in [2.24, 2.45) is 0 Å².